The first kappa shape index (κ1) is 12.8. The lowest BCUT2D eigenvalue weighted by atomic mass is 9.82. The normalized spacial score (nSPS) is 38.6. The molecule has 16 heavy (non-hydrogen) atoms. The Morgan fingerprint density at radius 3 is 2.25 bits per heavy atom. The monoisotopic (exact) mass is 232 g/mol. The lowest BCUT2D eigenvalue weighted by Gasteiger charge is -2.29. The molecule has 7 nitrogen and oxygen atoms in total. The third-order valence-corrected chi connectivity index (χ3v) is 3.76. The van der Waals surface area contributed by atoms with Crippen molar-refractivity contribution >= 4 is 0 Å². The smallest absolute Gasteiger partial charge is 0.312 e. The second-order valence-electron chi connectivity index (χ2n) is 4.42. The standard InChI is InChI=1S/C9H16N2O5/c1-4-16-7-5-6-8(2,10(12)13)9(7,3)11(14)15/h7H,4-6H2,1-3H3/t7-,8-,9-/m1/s1. The third-order valence-electron chi connectivity index (χ3n) is 3.76. The average molecular weight is 232 g/mol. The van der Waals surface area contributed by atoms with Gasteiger partial charge in [-0.3, -0.25) is 20.2 Å². The van der Waals surface area contributed by atoms with Gasteiger partial charge in [-0.2, -0.15) is 0 Å². The summed E-state index contributed by atoms with van der Waals surface area (Å²) in [5.41, 5.74) is -3.22. The maximum Gasteiger partial charge on any atom is 0.312 e. The van der Waals surface area contributed by atoms with Crippen molar-refractivity contribution in [3.63, 3.8) is 0 Å². The molecule has 1 aliphatic rings. The van der Waals surface area contributed by atoms with Gasteiger partial charge in [-0.15, -0.1) is 0 Å². The first-order valence-electron chi connectivity index (χ1n) is 5.21. The molecule has 0 unspecified atom stereocenters. The van der Waals surface area contributed by atoms with E-state index in [1.165, 1.54) is 13.8 Å². The predicted molar refractivity (Wildman–Crippen MR) is 55.4 cm³/mol. The summed E-state index contributed by atoms with van der Waals surface area (Å²) in [6.07, 6.45) is -0.173. The molecule has 0 N–H and O–H groups in total. The fraction of sp³-hybridized carbons (Fsp3) is 1.00. The second-order valence-corrected chi connectivity index (χ2v) is 4.42. The molecular formula is C9H16N2O5. The van der Waals surface area contributed by atoms with Crippen molar-refractivity contribution in [2.24, 2.45) is 0 Å². The van der Waals surface area contributed by atoms with Crippen LogP contribution < -0.4 is 0 Å². The molecule has 92 valence electrons. The van der Waals surface area contributed by atoms with Crippen LogP contribution in [-0.4, -0.2) is 33.6 Å². The molecule has 0 aromatic heterocycles. The average Bonchev–Trinajstić information content (AvgIpc) is 2.45. The van der Waals surface area contributed by atoms with Gasteiger partial charge in [-0.1, -0.05) is 0 Å². The van der Waals surface area contributed by atoms with Crippen molar-refractivity contribution in [1.82, 2.24) is 0 Å². The van der Waals surface area contributed by atoms with Crippen molar-refractivity contribution in [2.75, 3.05) is 6.61 Å². The number of ether oxygens (including phenoxy) is 1. The van der Waals surface area contributed by atoms with Crippen LogP contribution in [0.5, 0.6) is 0 Å². The molecule has 0 radical (unpaired) electrons. The van der Waals surface area contributed by atoms with E-state index < -0.39 is 27.0 Å². The largest absolute Gasteiger partial charge is 0.371 e. The summed E-state index contributed by atoms with van der Waals surface area (Å²) >= 11 is 0. The quantitative estimate of drug-likeness (QED) is 0.537. The lowest BCUT2D eigenvalue weighted by molar-refractivity contribution is -0.679. The lowest BCUT2D eigenvalue weighted by Crippen LogP contribution is -2.61. The van der Waals surface area contributed by atoms with Crippen LogP contribution in [0, 0.1) is 20.2 Å². The topological polar surface area (TPSA) is 95.5 Å². The fourth-order valence-electron chi connectivity index (χ4n) is 2.33. The molecule has 1 saturated carbocycles. The molecule has 0 heterocycles. The summed E-state index contributed by atoms with van der Waals surface area (Å²) in [6.45, 7) is 4.68. The van der Waals surface area contributed by atoms with Gasteiger partial charge in [0, 0.05) is 36.7 Å². The molecule has 7 heteroatoms. The highest BCUT2D eigenvalue weighted by Crippen LogP contribution is 2.44. The van der Waals surface area contributed by atoms with Gasteiger partial charge in [-0.05, 0) is 13.3 Å². The van der Waals surface area contributed by atoms with Crippen LogP contribution in [0.3, 0.4) is 0 Å². The summed E-state index contributed by atoms with van der Waals surface area (Å²) in [5.74, 6) is 0. The Hall–Kier alpha value is -1.24. The molecule has 0 spiro atoms. The van der Waals surface area contributed by atoms with Crippen LogP contribution in [-0.2, 0) is 4.74 Å². The van der Waals surface area contributed by atoms with Crippen molar-refractivity contribution < 1.29 is 14.6 Å². The van der Waals surface area contributed by atoms with E-state index in [2.05, 4.69) is 0 Å². The van der Waals surface area contributed by atoms with E-state index in [-0.39, 0.29) is 6.42 Å². The Labute approximate surface area is 93.1 Å². The zero-order valence-corrected chi connectivity index (χ0v) is 9.63. The first-order valence-corrected chi connectivity index (χ1v) is 5.21. The van der Waals surface area contributed by atoms with E-state index in [4.69, 9.17) is 4.74 Å². The molecule has 1 aliphatic carbocycles. The van der Waals surface area contributed by atoms with Crippen molar-refractivity contribution in [3.05, 3.63) is 20.2 Å². The van der Waals surface area contributed by atoms with E-state index in [1.807, 2.05) is 0 Å². The molecule has 1 fully saturated rings. The molecule has 0 bridgehead atoms. The molecular weight excluding hydrogens is 216 g/mol. The molecule has 0 aromatic rings. The van der Waals surface area contributed by atoms with E-state index in [1.54, 1.807) is 6.92 Å². The molecule has 0 amide bonds. The molecule has 1 rings (SSSR count). The van der Waals surface area contributed by atoms with Crippen molar-refractivity contribution in [3.8, 4) is 0 Å². The predicted octanol–water partition coefficient (Wildman–Crippen LogP) is 1.26. The summed E-state index contributed by atoms with van der Waals surface area (Å²) in [6, 6.07) is 0. The van der Waals surface area contributed by atoms with Crippen LogP contribution in [0.1, 0.15) is 33.6 Å². The maximum atomic E-state index is 11.1. The van der Waals surface area contributed by atoms with E-state index in [0.29, 0.717) is 13.0 Å². The zero-order chi connectivity index (χ0) is 12.6. The first-order chi connectivity index (χ1) is 7.30. The SMILES string of the molecule is CCO[C@@H]1CC[C@@](C)([N+](=O)[O-])[C@]1(C)[N+](=O)[O-]. The number of rotatable bonds is 4. The van der Waals surface area contributed by atoms with Gasteiger partial charge >= 0.3 is 5.54 Å². The van der Waals surface area contributed by atoms with Crippen LogP contribution in [0.15, 0.2) is 0 Å². The summed E-state index contributed by atoms with van der Waals surface area (Å²) in [7, 11) is 0. The van der Waals surface area contributed by atoms with Crippen LogP contribution in [0.2, 0.25) is 0 Å². The Bertz CT molecular complexity index is 321. The van der Waals surface area contributed by atoms with Gasteiger partial charge in [0.25, 0.3) is 5.54 Å². The van der Waals surface area contributed by atoms with E-state index in [0.717, 1.165) is 0 Å². The Morgan fingerprint density at radius 2 is 1.88 bits per heavy atom. The van der Waals surface area contributed by atoms with Gasteiger partial charge in [0.15, 0.2) is 0 Å². The minimum atomic E-state index is -1.66. The molecule has 0 aliphatic heterocycles. The second kappa shape index (κ2) is 3.97. The Morgan fingerprint density at radius 1 is 1.31 bits per heavy atom. The van der Waals surface area contributed by atoms with Gasteiger partial charge in [0.05, 0.1) is 0 Å². The number of hydrogen-bond donors (Lipinski definition) is 0. The van der Waals surface area contributed by atoms with E-state index in [9.17, 15) is 20.2 Å². The molecule has 0 aromatic carbocycles. The molecule has 0 saturated heterocycles. The minimum absolute atomic E-state index is 0.169. The number of nitrogens with zero attached hydrogens (tertiary/aromatic N) is 2. The van der Waals surface area contributed by atoms with E-state index >= 15 is 0 Å². The van der Waals surface area contributed by atoms with Crippen LogP contribution >= 0.6 is 0 Å². The maximum absolute atomic E-state index is 11.1. The fourth-order valence-corrected chi connectivity index (χ4v) is 2.33. The number of nitro groups is 2. The van der Waals surface area contributed by atoms with Crippen molar-refractivity contribution in [1.29, 1.82) is 0 Å². The van der Waals surface area contributed by atoms with Gasteiger partial charge in [0.1, 0.15) is 6.10 Å². The highest BCUT2D eigenvalue weighted by atomic mass is 16.7. The summed E-state index contributed by atoms with van der Waals surface area (Å²) in [4.78, 5) is 21.1. The molecule has 3 atom stereocenters. The van der Waals surface area contributed by atoms with Crippen LogP contribution in [0.25, 0.3) is 0 Å². The van der Waals surface area contributed by atoms with Gasteiger partial charge in [0.2, 0.25) is 0 Å². The summed E-state index contributed by atoms with van der Waals surface area (Å²) < 4.78 is 5.28. The van der Waals surface area contributed by atoms with Gasteiger partial charge < -0.3 is 4.74 Å². The highest BCUT2D eigenvalue weighted by molar-refractivity contribution is 5.06. The van der Waals surface area contributed by atoms with Crippen molar-refractivity contribution in [2.45, 2.75) is 50.8 Å². The Balaban J connectivity index is 3.16. The van der Waals surface area contributed by atoms with Gasteiger partial charge in [-0.25, -0.2) is 0 Å². The number of hydrogen-bond acceptors (Lipinski definition) is 5. The Kier molecular flexibility index (Phi) is 3.18. The van der Waals surface area contributed by atoms with Crippen LogP contribution in [0.4, 0.5) is 0 Å². The zero-order valence-electron chi connectivity index (χ0n) is 9.63. The minimum Gasteiger partial charge on any atom is -0.371 e. The highest BCUT2D eigenvalue weighted by Gasteiger charge is 2.73. The third kappa shape index (κ3) is 1.46. The summed E-state index contributed by atoms with van der Waals surface area (Å²) in [5, 5.41) is 22.2.